The number of urea groups is 1. The number of benzene rings is 2. The Morgan fingerprint density at radius 1 is 1.19 bits per heavy atom. The molecule has 0 fully saturated rings. The van der Waals surface area contributed by atoms with E-state index in [0.717, 1.165) is 29.9 Å². The third-order valence-electron chi connectivity index (χ3n) is 4.02. The van der Waals surface area contributed by atoms with Crippen LogP contribution in [0.15, 0.2) is 42.5 Å². The van der Waals surface area contributed by atoms with Gasteiger partial charge in [0.25, 0.3) is 0 Å². The Bertz CT molecular complexity index is 791. The Morgan fingerprint density at radius 3 is 2.62 bits per heavy atom. The monoisotopic (exact) mass is 366 g/mol. The molecule has 0 aromatic heterocycles. The summed E-state index contributed by atoms with van der Waals surface area (Å²) in [5, 5.41) is 15.1. The molecule has 0 spiro atoms. The van der Waals surface area contributed by atoms with E-state index in [-0.39, 0.29) is 12.2 Å². The molecular weight excluding hydrogens is 349 g/mol. The molecule has 2 aromatic rings. The minimum Gasteiger partial charge on any atom is -0.493 e. The molecule has 1 atom stereocenters. The van der Waals surface area contributed by atoms with Crippen LogP contribution in [-0.2, 0) is 12.6 Å². The van der Waals surface area contributed by atoms with Crippen molar-refractivity contribution < 1.29 is 27.8 Å². The largest absolute Gasteiger partial charge is 0.493 e. The Morgan fingerprint density at radius 2 is 1.92 bits per heavy atom. The Balaban J connectivity index is 1.52. The molecule has 3 N–H and O–H groups in total. The van der Waals surface area contributed by atoms with Crippen molar-refractivity contribution >= 4 is 11.7 Å². The van der Waals surface area contributed by atoms with E-state index in [9.17, 15) is 23.1 Å². The van der Waals surface area contributed by atoms with Gasteiger partial charge in [-0.3, -0.25) is 0 Å². The van der Waals surface area contributed by atoms with Crippen LogP contribution in [0.1, 0.15) is 22.8 Å². The molecule has 2 aromatic carbocycles. The van der Waals surface area contributed by atoms with Crippen LogP contribution in [0.3, 0.4) is 0 Å². The number of nitrogens with one attached hydrogen (secondary N) is 2. The van der Waals surface area contributed by atoms with Gasteiger partial charge < -0.3 is 20.5 Å². The molecule has 26 heavy (non-hydrogen) atoms. The number of amides is 2. The molecule has 0 aliphatic carbocycles. The minimum atomic E-state index is -4.42. The van der Waals surface area contributed by atoms with Gasteiger partial charge in [0.15, 0.2) is 0 Å². The lowest BCUT2D eigenvalue weighted by molar-refractivity contribution is -0.137. The lowest BCUT2D eigenvalue weighted by Crippen LogP contribution is -2.32. The smallest absolute Gasteiger partial charge is 0.416 e. The molecule has 1 heterocycles. The predicted molar refractivity (Wildman–Crippen MR) is 89.1 cm³/mol. The van der Waals surface area contributed by atoms with E-state index in [0.29, 0.717) is 12.2 Å². The first-order valence-corrected chi connectivity index (χ1v) is 7.99. The minimum absolute atomic E-state index is 0.0356. The van der Waals surface area contributed by atoms with Crippen molar-refractivity contribution in [3.05, 3.63) is 59.2 Å². The van der Waals surface area contributed by atoms with E-state index in [1.54, 1.807) is 12.1 Å². The number of hydrogen-bond donors (Lipinski definition) is 3. The van der Waals surface area contributed by atoms with E-state index >= 15 is 0 Å². The third-order valence-corrected chi connectivity index (χ3v) is 4.02. The van der Waals surface area contributed by atoms with E-state index in [4.69, 9.17) is 4.74 Å². The number of aliphatic hydroxyl groups excluding tert-OH is 1. The zero-order valence-corrected chi connectivity index (χ0v) is 13.6. The molecule has 0 bridgehead atoms. The zero-order valence-electron chi connectivity index (χ0n) is 13.6. The van der Waals surface area contributed by atoms with Gasteiger partial charge in [0.2, 0.25) is 0 Å². The lowest BCUT2D eigenvalue weighted by atomic mass is 10.0. The quantitative estimate of drug-likeness (QED) is 0.776. The van der Waals surface area contributed by atoms with Gasteiger partial charge in [-0.25, -0.2) is 4.79 Å². The fourth-order valence-electron chi connectivity index (χ4n) is 2.64. The predicted octanol–water partition coefficient (Wildman–Crippen LogP) is 3.50. The summed E-state index contributed by atoms with van der Waals surface area (Å²) < 4.78 is 42.9. The van der Waals surface area contributed by atoms with E-state index in [1.807, 2.05) is 6.07 Å². The van der Waals surface area contributed by atoms with Crippen molar-refractivity contribution in [1.29, 1.82) is 0 Å². The maximum atomic E-state index is 12.5. The van der Waals surface area contributed by atoms with Crippen LogP contribution in [0.5, 0.6) is 5.75 Å². The average Bonchev–Trinajstić information content (AvgIpc) is 3.07. The fourth-order valence-corrected chi connectivity index (χ4v) is 2.64. The highest BCUT2D eigenvalue weighted by molar-refractivity contribution is 5.89. The standard InChI is InChI=1S/C18H17F3N2O3/c19-18(20,21)13-2-4-14(5-3-13)23-17(25)22-10-15(24)11-1-6-16-12(9-11)7-8-26-16/h1-6,9,15,24H,7-8,10H2,(H2,22,23,25). The number of carbonyl (C=O) groups excluding carboxylic acids is 1. The first-order chi connectivity index (χ1) is 12.3. The summed E-state index contributed by atoms with van der Waals surface area (Å²) in [6, 6.07) is 8.83. The molecule has 5 nitrogen and oxygen atoms in total. The van der Waals surface area contributed by atoms with Gasteiger partial charge >= 0.3 is 12.2 Å². The summed E-state index contributed by atoms with van der Waals surface area (Å²) in [4.78, 5) is 11.8. The first-order valence-electron chi connectivity index (χ1n) is 7.99. The maximum Gasteiger partial charge on any atom is 0.416 e. The number of fused-ring (bicyclic) bond motifs is 1. The van der Waals surface area contributed by atoms with E-state index in [1.165, 1.54) is 12.1 Å². The summed E-state index contributed by atoms with van der Waals surface area (Å²) in [6.45, 7) is 0.578. The van der Waals surface area contributed by atoms with Crippen LogP contribution in [0.25, 0.3) is 0 Å². The molecule has 8 heteroatoms. The second-order valence-electron chi connectivity index (χ2n) is 5.89. The van der Waals surface area contributed by atoms with Gasteiger partial charge in [-0.1, -0.05) is 6.07 Å². The SMILES string of the molecule is O=C(NCC(O)c1ccc2c(c1)CCO2)Nc1ccc(C(F)(F)F)cc1. The van der Waals surface area contributed by atoms with Crippen molar-refractivity contribution in [1.82, 2.24) is 5.32 Å². The number of ether oxygens (including phenoxy) is 1. The lowest BCUT2D eigenvalue weighted by Gasteiger charge is -2.14. The second kappa shape index (κ2) is 7.25. The zero-order chi connectivity index (χ0) is 18.7. The van der Waals surface area contributed by atoms with Crippen LogP contribution in [-0.4, -0.2) is 24.3 Å². The number of carbonyl (C=O) groups is 1. The molecule has 138 valence electrons. The molecule has 1 aliphatic rings. The van der Waals surface area contributed by atoms with Gasteiger partial charge in [0, 0.05) is 18.7 Å². The third kappa shape index (κ3) is 4.26. The van der Waals surface area contributed by atoms with Crippen LogP contribution < -0.4 is 15.4 Å². The van der Waals surface area contributed by atoms with Crippen molar-refractivity contribution in [2.45, 2.75) is 18.7 Å². The first kappa shape index (κ1) is 18.1. The molecule has 3 rings (SSSR count). The molecule has 1 aliphatic heterocycles. The molecule has 0 radical (unpaired) electrons. The summed E-state index contributed by atoms with van der Waals surface area (Å²) in [7, 11) is 0. The Kier molecular flexibility index (Phi) is 5.03. The highest BCUT2D eigenvalue weighted by Gasteiger charge is 2.30. The Labute approximate surface area is 147 Å². The van der Waals surface area contributed by atoms with Crippen molar-refractivity contribution in [3.63, 3.8) is 0 Å². The van der Waals surface area contributed by atoms with Crippen molar-refractivity contribution in [2.24, 2.45) is 0 Å². The fraction of sp³-hybridized carbons (Fsp3) is 0.278. The number of rotatable bonds is 4. The summed E-state index contributed by atoms with van der Waals surface area (Å²) in [5.74, 6) is 0.800. The number of aliphatic hydroxyl groups is 1. The van der Waals surface area contributed by atoms with Crippen LogP contribution in [0.4, 0.5) is 23.7 Å². The van der Waals surface area contributed by atoms with Gasteiger partial charge in [-0.05, 0) is 47.5 Å². The molecule has 2 amide bonds. The highest BCUT2D eigenvalue weighted by atomic mass is 19.4. The van der Waals surface area contributed by atoms with Crippen molar-refractivity contribution in [3.8, 4) is 5.75 Å². The molecular formula is C18H17F3N2O3. The Hall–Kier alpha value is -2.74. The molecule has 0 saturated carbocycles. The van der Waals surface area contributed by atoms with Gasteiger partial charge in [0.1, 0.15) is 5.75 Å². The summed E-state index contributed by atoms with van der Waals surface area (Å²) in [6.07, 6.45) is -4.55. The summed E-state index contributed by atoms with van der Waals surface area (Å²) >= 11 is 0. The topological polar surface area (TPSA) is 70.6 Å². The number of hydrogen-bond acceptors (Lipinski definition) is 3. The second-order valence-corrected chi connectivity index (χ2v) is 5.89. The van der Waals surface area contributed by atoms with Gasteiger partial charge in [-0.15, -0.1) is 0 Å². The van der Waals surface area contributed by atoms with Crippen LogP contribution in [0.2, 0.25) is 0 Å². The van der Waals surface area contributed by atoms with Crippen LogP contribution >= 0.6 is 0 Å². The molecule has 0 saturated heterocycles. The van der Waals surface area contributed by atoms with Crippen LogP contribution in [0, 0.1) is 0 Å². The van der Waals surface area contributed by atoms with Crippen molar-refractivity contribution in [2.75, 3.05) is 18.5 Å². The number of alkyl halides is 3. The number of halogens is 3. The molecule has 1 unspecified atom stereocenters. The maximum absolute atomic E-state index is 12.5. The van der Waals surface area contributed by atoms with Gasteiger partial charge in [-0.2, -0.15) is 13.2 Å². The average molecular weight is 366 g/mol. The van der Waals surface area contributed by atoms with E-state index < -0.39 is 23.9 Å². The van der Waals surface area contributed by atoms with E-state index in [2.05, 4.69) is 10.6 Å². The highest BCUT2D eigenvalue weighted by Crippen LogP contribution is 2.30. The number of anilines is 1. The normalized spacial score (nSPS) is 14.3. The summed E-state index contributed by atoms with van der Waals surface area (Å²) in [5.41, 5.74) is 1.10. The van der Waals surface area contributed by atoms with Gasteiger partial charge in [0.05, 0.1) is 18.3 Å².